The smallest absolute Gasteiger partial charge is 0.120 e. The second-order valence-corrected chi connectivity index (χ2v) is 6.03. The molecular formula is C18H23NO3. The summed E-state index contributed by atoms with van der Waals surface area (Å²) in [5.74, 6) is 0.774. The topological polar surface area (TPSA) is 52.9 Å². The largest absolute Gasteiger partial charge is 0.491 e. The number of likely N-dealkylation sites (tertiary alicyclic amines) is 1. The highest BCUT2D eigenvalue weighted by atomic mass is 16.5. The zero-order valence-electron chi connectivity index (χ0n) is 12.7. The Hall–Kier alpha value is -1.62. The zero-order chi connectivity index (χ0) is 15.4. The average Bonchev–Trinajstić information content (AvgIpc) is 2.53. The van der Waals surface area contributed by atoms with E-state index in [9.17, 15) is 10.2 Å². The molecule has 1 aliphatic heterocycles. The minimum Gasteiger partial charge on any atom is -0.491 e. The highest BCUT2D eigenvalue weighted by Gasteiger charge is 2.20. The number of nitrogens with zero attached hydrogens (tertiary/aromatic N) is 1. The third-order valence-electron chi connectivity index (χ3n) is 4.11. The summed E-state index contributed by atoms with van der Waals surface area (Å²) in [5.41, 5.74) is 0. The first kappa shape index (κ1) is 15.3. The third-order valence-corrected chi connectivity index (χ3v) is 4.11. The standard InChI is InChI=1S/C18H23NO3/c20-16-6-3-9-19(11-16)12-17(21)13-22-18-8-7-14-4-1-2-5-15(14)10-18/h1-2,4-5,7-8,10,16-17,20-21H,3,6,9,11-13H2/t16-,17-/m1/s1. The molecule has 4 nitrogen and oxygen atoms in total. The van der Waals surface area contributed by atoms with Crippen LogP contribution in [0.3, 0.4) is 0 Å². The molecule has 0 radical (unpaired) electrons. The molecule has 2 N–H and O–H groups in total. The molecule has 2 aromatic carbocycles. The normalized spacial score (nSPS) is 20.9. The van der Waals surface area contributed by atoms with Crippen molar-refractivity contribution >= 4 is 10.8 Å². The summed E-state index contributed by atoms with van der Waals surface area (Å²) in [7, 11) is 0. The molecule has 0 aromatic heterocycles. The van der Waals surface area contributed by atoms with Gasteiger partial charge in [-0.15, -0.1) is 0 Å². The highest BCUT2D eigenvalue weighted by Crippen LogP contribution is 2.20. The van der Waals surface area contributed by atoms with Crippen molar-refractivity contribution in [3.05, 3.63) is 42.5 Å². The molecule has 0 bridgehead atoms. The minimum atomic E-state index is -0.545. The molecule has 2 atom stereocenters. The number of fused-ring (bicyclic) bond motifs is 1. The number of piperidine rings is 1. The molecule has 1 saturated heterocycles. The van der Waals surface area contributed by atoms with Gasteiger partial charge in [-0.25, -0.2) is 0 Å². The molecule has 0 amide bonds. The van der Waals surface area contributed by atoms with Crippen LogP contribution in [0.5, 0.6) is 5.75 Å². The number of aliphatic hydroxyl groups excluding tert-OH is 2. The maximum atomic E-state index is 10.1. The van der Waals surface area contributed by atoms with E-state index < -0.39 is 6.10 Å². The van der Waals surface area contributed by atoms with Gasteiger partial charge < -0.3 is 14.9 Å². The highest BCUT2D eigenvalue weighted by molar-refractivity contribution is 5.83. The molecule has 118 valence electrons. The third kappa shape index (κ3) is 3.97. The van der Waals surface area contributed by atoms with Crippen LogP contribution < -0.4 is 4.74 Å². The Bertz CT molecular complexity index is 616. The molecule has 1 fully saturated rings. The van der Waals surface area contributed by atoms with Gasteiger partial charge in [-0.3, -0.25) is 4.90 Å². The first-order valence-corrected chi connectivity index (χ1v) is 7.91. The van der Waals surface area contributed by atoms with Crippen LogP contribution in [0.4, 0.5) is 0 Å². The van der Waals surface area contributed by atoms with Crippen LogP contribution in [-0.2, 0) is 0 Å². The maximum Gasteiger partial charge on any atom is 0.120 e. The molecule has 0 aliphatic carbocycles. The summed E-state index contributed by atoms with van der Waals surface area (Å²) in [6, 6.07) is 14.1. The number of hydrogen-bond acceptors (Lipinski definition) is 4. The van der Waals surface area contributed by atoms with Gasteiger partial charge in [0.15, 0.2) is 0 Å². The Balaban J connectivity index is 1.52. The fourth-order valence-electron chi connectivity index (χ4n) is 3.00. The van der Waals surface area contributed by atoms with E-state index in [2.05, 4.69) is 11.0 Å². The molecule has 2 aromatic rings. The van der Waals surface area contributed by atoms with E-state index in [0.29, 0.717) is 13.1 Å². The number of benzene rings is 2. The van der Waals surface area contributed by atoms with E-state index in [0.717, 1.165) is 30.5 Å². The van der Waals surface area contributed by atoms with Crippen LogP contribution >= 0.6 is 0 Å². The van der Waals surface area contributed by atoms with Gasteiger partial charge in [0, 0.05) is 13.1 Å². The fraction of sp³-hybridized carbons (Fsp3) is 0.444. The van der Waals surface area contributed by atoms with Crippen LogP contribution in [0.2, 0.25) is 0 Å². The summed E-state index contributed by atoms with van der Waals surface area (Å²) in [4.78, 5) is 2.10. The Morgan fingerprint density at radius 2 is 2.00 bits per heavy atom. The second-order valence-electron chi connectivity index (χ2n) is 6.03. The molecule has 0 unspecified atom stereocenters. The van der Waals surface area contributed by atoms with Crippen molar-refractivity contribution in [2.75, 3.05) is 26.2 Å². The summed E-state index contributed by atoms with van der Waals surface area (Å²) in [6.07, 6.45) is 1.04. The van der Waals surface area contributed by atoms with E-state index in [1.54, 1.807) is 0 Å². The first-order chi connectivity index (χ1) is 10.7. The predicted octanol–water partition coefficient (Wildman–Crippen LogP) is 2.04. The average molecular weight is 301 g/mol. The molecule has 22 heavy (non-hydrogen) atoms. The molecule has 0 spiro atoms. The van der Waals surface area contributed by atoms with E-state index in [1.807, 2.05) is 36.4 Å². The van der Waals surface area contributed by atoms with Crippen molar-refractivity contribution in [2.24, 2.45) is 0 Å². The van der Waals surface area contributed by atoms with Crippen LogP contribution in [-0.4, -0.2) is 53.6 Å². The molecule has 1 heterocycles. The number of ether oxygens (including phenoxy) is 1. The van der Waals surface area contributed by atoms with Crippen molar-refractivity contribution in [2.45, 2.75) is 25.0 Å². The van der Waals surface area contributed by atoms with Crippen molar-refractivity contribution in [3.8, 4) is 5.75 Å². The van der Waals surface area contributed by atoms with E-state index in [4.69, 9.17) is 4.74 Å². The van der Waals surface area contributed by atoms with Gasteiger partial charge in [-0.05, 0) is 42.3 Å². The number of hydrogen-bond donors (Lipinski definition) is 2. The van der Waals surface area contributed by atoms with Crippen molar-refractivity contribution in [3.63, 3.8) is 0 Å². The van der Waals surface area contributed by atoms with Gasteiger partial charge in [-0.2, -0.15) is 0 Å². The Kier molecular flexibility index (Phi) is 4.93. The Morgan fingerprint density at radius 3 is 2.82 bits per heavy atom. The van der Waals surface area contributed by atoms with Gasteiger partial charge in [0.05, 0.1) is 6.10 Å². The van der Waals surface area contributed by atoms with Crippen molar-refractivity contribution < 1.29 is 14.9 Å². The molecular weight excluding hydrogens is 278 g/mol. The summed E-state index contributed by atoms with van der Waals surface area (Å²) in [5, 5.41) is 22.1. The Labute approximate surface area is 130 Å². The van der Waals surface area contributed by atoms with Crippen molar-refractivity contribution in [1.29, 1.82) is 0 Å². The quantitative estimate of drug-likeness (QED) is 0.887. The van der Waals surface area contributed by atoms with Gasteiger partial charge in [-0.1, -0.05) is 30.3 Å². The van der Waals surface area contributed by atoms with Crippen LogP contribution in [0, 0.1) is 0 Å². The van der Waals surface area contributed by atoms with Gasteiger partial charge in [0.25, 0.3) is 0 Å². The number of β-amino-alcohol motifs (C(OH)–C–C–N with tert-alkyl or cyclic N) is 2. The van der Waals surface area contributed by atoms with E-state index >= 15 is 0 Å². The second kappa shape index (κ2) is 7.09. The van der Waals surface area contributed by atoms with Crippen LogP contribution in [0.15, 0.2) is 42.5 Å². The molecule has 1 aliphatic rings. The van der Waals surface area contributed by atoms with Crippen LogP contribution in [0.1, 0.15) is 12.8 Å². The number of aliphatic hydroxyl groups is 2. The lowest BCUT2D eigenvalue weighted by Gasteiger charge is -2.31. The summed E-state index contributed by atoms with van der Waals surface area (Å²) < 4.78 is 5.71. The van der Waals surface area contributed by atoms with Gasteiger partial charge in [0.2, 0.25) is 0 Å². The number of rotatable bonds is 5. The van der Waals surface area contributed by atoms with E-state index in [-0.39, 0.29) is 12.7 Å². The van der Waals surface area contributed by atoms with Crippen molar-refractivity contribution in [1.82, 2.24) is 4.90 Å². The zero-order valence-corrected chi connectivity index (χ0v) is 12.7. The summed E-state index contributed by atoms with van der Waals surface area (Å²) >= 11 is 0. The molecule has 4 heteroatoms. The lowest BCUT2D eigenvalue weighted by Crippen LogP contribution is -2.43. The SMILES string of the molecule is O[C@@H]1CCCN(C[C@@H](O)COc2ccc3ccccc3c2)C1. The predicted molar refractivity (Wildman–Crippen MR) is 87.1 cm³/mol. The fourth-order valence-corrected chi connectivity index (χ4v) is 3.00. The molecule has 3 rings (SSSR count). The van der Waals surface area contributed by atoms with E-state index in [1.165, 1.54) is 5.39 Å². The summed E-state index contributed by atoms with van der Waals surface area (Å²) in [6.45, 7) is 2.40. The monoisotopic (exact) mass is 301 g/mol. The van der Waals surface area contributed by atoms with Gasteiger partial charge in [0.1, 0.15) is 18.5 Å². The molecule has 0 saturated carbocycles. The Morgan fingerprint density at radius 1 is 1.18 bits per heavy atom. The first-order valence-electron chi connectivity index (χ1n) is 7.91. The maximum absolute atomic E-state index is 10.1. The minimum absolute atomic E-state index is 0.262. The van der Waals surface area contributed by atoms with Crippen LogP contribution in [0.25, 0.3) is 10.8 Å². The lowest BCUT2D eigenvalue weighted by atomic mass is 10.1. The van der Waals surface area contributed by atoms with Gasteiger partial charge >= 0.3 is 0 Å². The lowest BCUT2D eigenvalue weighted by molar-refractivity contribution is 0.0243.